The first kappa shape index (κ1) is 15.3. The van der Waals surface area contributed by atoms with Gasteiger partial charge >= 0.3 is 0 Å². The molecule has 1 heterocycles. The minimum atomic E-state index is 0.0643. The molecule has 2 unspecified atom stereocenters. The molecule has 1 saturated heterocycles. The van der Waals surface area contributed by atoms with Gasteiger partial charge in [-0.05, 0) is 31.0 Å². The van der Waals surface area contributed by atoms with Crippen LogP contribution in [0.4, 0.5) is 0 Å². The molecule has 5 heteroatoms. The highest BCUT2D eigenvalue weighted by molar-refractivity contribution is 6.30. The molecule has 2 atom stereocenters. The van der Waals surface area contributed by atoms with Crippen LogP contribution in [0.2, 0.25) is 5.02 Å². The third kappa shape index (κ3) is 5.12. The molecule has 4 nitrogen and oxygen atoms in total. The van der Waals surface area contributed by atoms with E-state index in [-0.39, 0.29) is 18.0 Å². The number of nitrogens with one attached hydrogen (secondary N) is 2. The maximum Gasteiger partial charge on any atom is 0.221 e. The van der Waals surface area contributed by atoms with Crippen molar-refractivity contribution in [1.82, 2.24) is 10.6 Å². The van der Waals surface area contributed by atoms with Crippen LogP contribution in [0.15, 0.2) is 24.3 Å². The molecule has 0 radical (unpaired) electrons. The summed E-state index contributed by atoms with van der Waals surface area (Å²) < 4.78 is 5.34. The van der Waals surface area contributed by atoms with E-state index in [2.05, 4.69) is 10.6 Å². The summed E-state index contributed by atoms with van der Waals surface area (Å²) in [6.45, 7) is 4.17. The molecule has 1 aromatic rings. The predicted molar refractivity (Wildman–Crippen MR) is 80.0 cm³/mol. The van der Waals surface area contributed by atoms with Gasteiger partial charge in [0, 0.05) is 30.1 Å². The van der Waals surface area contributed by atoms with Crippen LogP contribution >= 0.6 is 11.6 Å². The fourth-order valence-electron chi connectivity index (χ4n) is 2.33. The second-order valence-electron chi connectivity index (χ2n) is 5.23. The van der Waals surface area contributed by atoms with E-state index in [9.17, 15) is 4.79 Å². The van der Waals surface area contributed by atoms with E-state index in [0.717, 1.165) is 24.6 Å². The molecule has 0 aliphatic carbocycles. The van der Waals surface area contributed by atoms with Crippen molar-refractivity contribution in [2.24, 2.45) is 0 Å². The first-order valence-corrected chi connectivity index (χ1v) is 7.36. The SMILES string of the molecule is CC(Cc1ccc(Cl)cc1)NC(=O)CC1COCCN1. The van der Waals surface area contributed by atoms with E-state index in [1.165, 1.54) is 5.56 Å². The number of amides is 1. The Balaban J connectivity index is 1.74. The number of carbonyl (C=O) groups is 1. The predicted octanol–water partition coefficient (Wildman–Crippen LogP) is 1.77. The Kier molecular flexibility index (Phi) is 5.83. The van der Waals surface area contributed by atoms with Gasteiger partial charge in [-0.15, -0.1) is 0 Å². The van der Waals surface area contributed by atoms with Crippen LogP contribution in [-0.4, -0.2) is 37.7 Å². The Labute approximate surface area is 124 Å². The van der Waals surface area contributed by atoms with Gasteiger partial charge in [-0.2, -0.15) is 0 Å². The van der Waals surface area contributed by atoms with Crippen LogP contribution in [0, 0.1) is 0 Å². The molecule has 1 amide bonds. The standard InChI is InChI=1S/C15H21ClN2O2/c1-11(8-12-2-4-13(16)5-3-12)18-15(19)9-14-10-20-7-6-17-14/h2-5,11,14,17H,6-10H2,1H3,(H,18,19). The Morgan fingerprint density at radius 3 is 2.90 bits per heavy atom. The van der Waals surface area contributed by atoms with Crippen LogP contribution < -0.4 is 10.6 Å². The molecular weight excluding hydrogens is 276 g/mol. The first-order chi connectivity index (χ1) is 9.63. The van der Waals surface area contributed by atoms with Gasteiger partial charge in [-0.1, -0.05) is 23.7 Å². The van der Waals surface area contributed by atoms with Gasteiger partial charge in [0.2, 0.25) is 5.91 Å². The van der Waals surface area contributed by atoms with Crippen molar-refractivity contribution in [1.29, 1.82) is 0 Å². The van der Waals surface area contributed by atoms with Crippen LogP contribution in [0.3, 0.4) is 0 Å². The van der Waals surface area contributed by atoms with Crippen molar-refractivity contribution in [3.8, 4) is 0 Å². The van der Waals surface area contributed by atoms with Crippen LogP contribution in [0.25, 0.3) is 0 Å². The average Bonchev–Trinajstić information content (AvgIpc) is 2.42. The lowest BCUT2D eigenvalue weighted by Crippen LogP contribution is -2.45. The highest BCUT2D eigenvalue weighted by atomic mass is 35.5. The van der Waals surface area contributed by atoms with Crippen LogP contribution in [-0.2, 0) is 16.0 Å². The van der Waals surface area contributed by atoms with E-state index in [4.69, 9.17) is 16.3 Å². The van der Waals surface area contributed by atoms with E-state index in [1.54, 1.807) is 0 Å². The minimum absolute atomic E-state index is 0.0643. The molecule has 2 N–H and O–H groups in total. The molecule has 1 fully saturated rings. The summed E-state index contributed by atoms with van der Waals surface area (Å²) in [5.41, 5.74) is 1.17. The first-order valence-electron chi connectivity index (χ1n) is 6.98. The molecule has 1 aromatic carbocycles. The number of benzene rings is 1. The fraction of sp³-hybridized carbons (Fsp3) is 0.533. The molecule has 0 bridgehead atoms. The molecular formula is C15H21ClN2O2. The van der Waals surface area contributed by atoms with E-state index in [1.807, 2.05) is 31.2 Å². The summed E-state index contributed by atoms with van der Waals surface area (Å²) in [7, 11) is 0. The molecule has 0 aromatic heterocycles. The summed E-state index contributed by atoms with van der Waals surface area (Å²) in [5.74, 6) is 0.0643. The third-order valence-corrected chi connectivity index (χ3v) is 3.54. The summed E-state index contributed by atoms with van der Waals surface area (Å²) >= 11 is 5.85. The van der Waals surface area contributed by atoms with E-state index < -0.39 is 0 Å². The van der Waals surface area contributed by atoms with Crippen LogP contribution in [0.5, 0.6) is 0 Å². The summed E-state index contributed by atoms with van der Waals surface area (Å²) in [6.07, 6.45) is 1.27. The lowest BCUT2D eigenvalue weighted by molar-refractivity contribution is -0.122. The molecule has 1 aliphatic heterocycles. The molecule has 20 heavy (non-hydrogen) atoms. The molecule has 1 aliphatic rings. The largest absolute Gasteiger partial charge is 0.378 e. The number of hydrogen-bond donors (Lipinski definition) is 2. The molecule has 0 saturated carbocycles. The van der Waals surface area contributed by atoms with Gasteiger partial charge in [0.1, 0.15) is 0 Å². The van der Waals surface area contributed by atoms with Gasteiger partial charge in [0.15, 0.2) is 0 Å². The zero-order chi connectivity index (χ0) is 14.4. The van der Waals surface area contributed by atoms with Crippen molar-refractivity contribution >= 4 is 17.5 Å². The topological polar surface area (TPSA) is 50.4 Å². The number of halogens is 1. The Bertz CT molecular complexity index is 430. The van der Waals surface area contributed by atoms with Gasteiger partial charge < -0.3 is 15.4 Å². The van der Waals surface area contributed by atoms with Crippen molar-refractivity contribution in [2.45, 2.75) is 31.8 Å². The quantitative estimate of drug-likeness (QED) is 0.871. The zero-order valence-corrected chi connectivity index (χ0v) is 12.5. The second-order valence-corrected chi connectivity index (χ2v) is 5.67. The summed E-state index contributed by atoms with van der Waals surface area (Å²) in [5, 5.41) is 7.03. The van der Waals surface area contributed by atoms with E-state index in [0.29, 0.717) is 13.0 Å². The van der Waals surface area contributed by atoms with Gasteiger partial charge in [0.05, 0.1) is 13.2 Å². The Morgan fingerprint density at radius 2 is 2.25 bits per heavy atom. The monoisotopic (exact) mass is 296 g/mol. The van der Waals surface area contributed by atoms with Gasteiger partial charge in [0.25, 0.3) is 0 Å². The fourth-order valence-corrected chi connectivity index (χ4v) is 2.46. The Morgan fingerprint density at radius 1 is 1.50 bits per heavy atom. The highest BCUT2D eigenvalue weighted by Crippen LogP contribution is 2.11. The number of rotatable bonds is 5. The van der Waals surface area contributed by atoms with Crippen LogP contribution in [0.1, 0.15) is 18.9 Å². The van der Waals surface area contributed by atoms with Crippen molar-refractivity contribution in [2.75, 3.05) is 19.8 Å². The smallest absolute Gasteiger partial charge is 0.221 e. The molecule has 110 valence electrons. The van der Waals surface area contributed by atoms with Crippen molar-refractivity contribution < 1.29 is 9.53 Å². The lowest BCUT2D eigenvalue weighted by Gasteiger charge is -2.24. The zero-order valence-electron chi connectivity index (χ0n) is 11.7. The number of hydrogen-bond acceptors (Lipinski definition) is 3. The van der Waals surface area contributed by atoms with Gasteiger partial charge in [-0.3, -0.25) is 4.79 Å². The highest BCUT2D eigenvalue weighted by Gasteiger charge is 2.17. The van der Waals surface area contributed by atoms with Gasteiger partial charge in [-0.25, -0.2) is 0 Å². The minimum Gasteiger partial charge on any atom is -0.378 e. The van der Waals surface area contributed by atoms with Crippen molar-refractivity contribution in [3.05, 3.63) is 34.9 Å². The second kappa shape index (κ2) is 7.62. The summed E-state index contributed by atoms with van der Waals surface area (Å²) in [4.78, 5) is 11.9. The number of morpholine rings is 1. The number of carbonyl (C=O) groups excluding carboxylic acids is 1. The molecule has 0 spiro atoms. The average molecular weight is 297 g/mol. The third-order valence-electron chi connectivity index (χ3n) is 3.29. The normalized spacial score (nSPS) is 20.4. The lowest BCUT2D eigenvalue weighted by atomic mass is 10.1. The molecule has 2 rings (SSSR count). The maximum atomic E-state index is 11.9. The van der Waals surface area contributed by atoms with E-state index >= 15 is 0 Å². The number of ether oxygens (including phenoxy) is 1. The summed E-state index contributed by atoms with van der Waals surface area (Å²) in [6, 6.07) is 7.95. The Hall–Kier alpha value is -1.10. The van der Waals surface area contributed by atoms with Crippen molar-refractivity contribution in [3.63, 3.8) is 0 Å². The maximum absolute atomic E-state index is 11.9.